The number of fused-ring (bicyclic) bond motifs is 1. The Morgan fingerprint density at radius 1 is 1.39 bits per heavy atom. The van der Waals surface area contributed by atoms with E-state index in [-0.39, 0.29) is 0 Å². The maximum atomic E-state index is 6.35. The van der Waals surface area contributed by atoms with Gasteiger partial charge in [0.05, 0.1) is 17.5 Å². The number of allylic oxidation sites excluding steroid dienone is 2. The van der Waals surface area contributed by atoms with Crippen molar-refractivity contribution in [1.82, 2.24) is 29.5 Å². The Morgan fingerprint density at radius 3 is 2.96 bits per heavy atom. The minimum Gasteiger partial charge on any atom is -0.335 e. The molecule has 23 heavy (non-hydrogen) atoms. The van der Waals surface area contributed by atoms with Crippen LogP contribution in [0.25, 0.3) is 22.6 Å². The molecule has 6 nitrogen and oxygen atoms in total. The van der Waals surface area contributed by atoms with Gasteiger partial charge in [0, 0.05) is 13.6 Å². The van der Waals surface area contributed by atoms with Gasteiger partial charge in [-0.05, 0) is 32.1 Å². The normalized spacial score (nSPS) is 18.1. The van der Waals surface area contributed by atoms with E-state index in [1.807, 2.05) is 24.9 Å². The third kappa shape index (κ3) is 2.47. The van der Waals surface area contributed by atoms with E-state index in [4.69, 9.17) is 16.6 Å². The van der Waals surface area contributed by atoms with Crippen molar-refractivity contribution in [3.05, 3.63) is 29.2 Å². The van der Waals surface area contributed by atoms with Crippen LogP contribution in [0.15, 0.2) is 18.3 Å². The molecule has 120 valence electrons. The molecule has 1 atom stereocenters. The van der Waals surface area contributed by atoms with Crippen LogP contribution in [0.2, 0.25) is 5.15 Å². The predicted molar refractivity (Wildman–Crippen MR) is 90.3 cm³/mol. The quantitative estimate of drug-likeness (QED) is 0.748. The Kier molecular flexibility index (Phi) is 3.49. The van der Waals surface area contributed by atoms with Gasteiger partial charge in [-0.15, -0.1) is 0 Å². The lowest BCUT2D eigenvalue weighted by atomic mass is 9.94. The van der Waals surface area contributed by atoms with E-state index in [1.54, 1.807) is 4.68 Å². The monoisotopic (exact) mass is 330 g/mol. The standard InChI is InChI=1S/C16H19ClN6/c1-10-13(14(17)22(2)21-10)15-19-12-8-18-23(16(12)20-15)9-11-6-4-3-5-7-11/h3-4,8,11H,5-7,9H2,1-2H3,(H,19,20). The zero-order valence-electron chi connectivity index (χ0n) is 13.3. The second-order valence-corrected chi connectivity index (χ2v) is 6.53. The largest absolute Gasteiger partial charge is 0.335 e. The van der Waals surface area contributed by atoms with Crippen molar-refractivity contribution in [3.8, 4) is 11.4 Å². The lowest BCUT2D eigenvalue weighted by Crippen LogP contribution is -2.13. The van der Waals surface area contributed by atoms with E-state index >= 15 is 0 Å². The number of imidazole rings is 1. The van der Waals surface area contributed by atoms with E-state index in [0.717, 1.165) is 47.6 Å². The molecule has 0 saturated heterocycles. The molecule has 1 N–H and O–H groups in total. The van der Waals surface area contributed by atoms with Crippen LogP contribution >= 0.6 is 11.6 Å². The first-order chi connectivity index (χ1) is 11.1. The molecule has 3 aromatic rings. The van der Waals surface area contributed by atoms with E-state index in [9.17, 15) is 0 Å². The van der Waals surface area contributed by atoms with Crippen molar-refractivity contribution in [2.24, 2.45) is 13.0 Å². The maximum Gasteiger partial charge on any atom is 0.176 e. The van der Waals surface area contributed by atoms with Crippen molar-refractivity contribution in [3.63, 3.8) is 0 Å². The van der Waals surface area contributed by atoms with Crippen LogP contribution in [0.5, 0.6) is 0 Å². The van der Waals surface area contributed by atoms with Gasteiger partial charge in [-0.3, -0.25) is 4.68 Å². The number of hydrogen-bond acceptors (Lipinski definition) is 3. The van der Waals surface area contributed by atoms with Crippen molar-refractivity contribution in [2.75, 3.05) is 0 Å². The molecule has 0 spiro atoms. The number of halogens is 1. The van der Waals surface area contributed by atoms with Crippen molar-refractivity contribution in [1.29, 1.82) is 0 Å². The summed E-state index contributed by atoms with van der Waals surface area (Å²) in [7, 11) is 1.83. The summed E-state index contributed by atoms with van der Waals surface area (Å²) in [5.74, 6) is 1.39. The Morgan fingerprint density at radius 2 is 2.26 bits per heavy atom. The molecular formula is C16H19ClN6. The summed E-state index contributed by atoms with van der Waals surface area (Å²) in [4.78, 5) is 8.05. The van der Waals surface area contributed by atoms with E-state index < -0.39 is 0 Å². The molecule has 3 heterocycles. The molecule has 0 amide bonds. The Labute approximate surface area is 139 Å². The summed E-state index contributed by atoms with van der Waals surface area (Å²) >= 11 is 6.35. The second-order valence-electron chi connectivity index (χ2n) is 6.17. The zero-order valence-corrected chi connectivity index (χ0v) is 14.0. The number of nitrogens with one attached hydrogen (secondary N) is 1. The SMILES string of the molecule is Cc1nn(C)c(Cl)c1-c1nc2c(cnn2CC2CC=CCC2)[nH]1. The summed E-state index contributed by atoms with van der Waals surface area (Å²) in [6.45, 7) is 2.84. The lowest BCUT2D eigenvalue weighted by molar-refractivity contribution is 0.395. The van der Waals surface area contributed by atoms with Gasteiger partial charge in [0.2, 0.25) is 0 Å². The summed E-state index contributed by atoms with van der Waals surface area (Å²) < 4.78 is 3.67. The number of aromatic amines is 1. The third-order valence-electron chi connectivity index (χ3n) is 4.48. The summed E-state index contributed by atoms with van der Waals surface area (Å²) in [5.41, 5.74) is 3.54. The number of H-pyrrole nitrogens is 1. The molecular weight excluding hydrogens is 312 g/mol. The maximum absolute atomic E-state index is 6.35. The van der Waals surface area contributed by atoms with Gasteiger partial charge in [-0.2, -0.15) is 10.2 Å². The molecule has 1 unspecified atom stereocenters. The van der Waals surface area contributed by atoms with Gasteiger partial charge in [0.15, 0.2) is 5.65 Å². The van der Waals surface area contributed by atoms with Crippen LogP contribution in [0.4, 0.5) is 0 Å². The molecule has 3 aromatic heterocycles. The Bertz CT molecular complexity index is 884. The molecule has 0 saturated carbocycles. The molecule has 0 aromatic carbocycles. The highest BCUT2D eigenvalue weighted by atomic mass is 35.5. The van der Waals surface area contributed by atoms with Crippen molar-refractivity contribution >= 4 is 22.8 Å². The highest BCUT2D eigenvalue weighted by Crippen LogP contribution is 2.30. The van der Waals surface area contributed by atoms with Crippen molar-refractivity contribution in [2.45, 2.75) is 32.7 Å². The summed E-state index contributed by atoms with van der Waals surface area (Å²) in [6.07, 6.45) is 9.85. The lowest BCUT2D eigenvalue weighted by Gasteiger charge is -2.17. The zero-order chi connectivity index (χ0) is 16.0. The minimum atomic E-state index is 0.593. The fourth-order valence-electron chi connectivity index (χ4n) is 3.26. The van der Waals surface area contributed by atoms with Crippen LogP contribution in [-0.4, -0.2) is 29.5 Å². The van der Waals surface area contributed by atoms with Crippen LogP contribution in [0.1, 0.15) is 25.0 Å². The van der Waals surface area contributed by atoms with Gasteiger partial charge in [0.25, 0.3) is 0 Å². The topological polar surface area (TPSA) is 64.3 Å². The van der Waals surface area contributed by atoms with E-state index in [1.165, 1.54) is 6.42 Å². The first-order valence-corrected chi connectivity index (χ1v) is 8.27. The molecule has 4 rings (SSSR count). The average molecular weight is 331 g/mol. The third-order valence-corrected chi connectivity index (χ3v) is 4.91. The second kappa shape index (κ2) is 5.53. The van der Waals surface area contributed by atoms with Gasteiger partial charge in [-0.1, -0.05) is 23.8 Å². The molecule has 0 radical (unpaired) electrons. The first-order valence-electron chi connectivity index (χ1n) is 7.89. The molecule has 0 aliphatic heterocycles. The van der Waals surface area contributed by atoms with Crippen molar-refractivity contribution < 1.29 is 0 Å². The van der Waals surface area contributed by atoms with Crippen LogP contribution < -0.4 is 0 Å². The Balaban J connectivity index is 1.70. The smallest absolute Gasteiger partial charge is 0.176 e. The summed E-state index contributed by atoms with van der Waals surface area (Å²) in [5, 5.41) is 9.42. The highest BCUT2D eigenvalue weighted by Gasteiger charge is 2.20. The number of hydrogen-bond donors (Lipinski definition) is 1. The molecule has 0 bridgehead atoms. The number of aromatic nitrogens is 6. The molecule has 0 fully saturated rings. The number of aryl methyl sites for hydroxylation is 2. The minimum absolute atomic E-state index is 0.593. The van der Waals surface area contributed by atoms with E-state index in [0.29, 0.717) is 11.1 Å². The van der Waals surface area contributed by atoms with Gasteiger partial charge in [0.1, 0.15) is 16.5 Å². The average Bonchev–Trinajstić information content (AvgIpc) is 3.16. The predicted octanol–water partition coefficient (Wildman–Crippen LogP) is 3.48. The molecule has 7 heteroatoms. The van der Waals surface area contributed by atoms with Crippen LogP contribution in [-0.2, 0) is 13.6 Å². The van der Waals surface area contributed by atoms with Gasteiger partial charge in [-0.25, -0.2) is 9.67 Å². The van der Waals surface area contributed by atoms with Crippen LogP contribution in [0.3, 0.4) is 0 Å². The fraction of sp³-hybridized carbons (Fsp3) is 0.438. The van der Waals surface area contributed by atoms with Crippen LogP contribution in [0, 0.1) is 12.8 Å². The van der Waals surface area contributed by atoms with Gasteiger partial charge >= 0.3 is 0 Å². The Hall–Kier alpha value is -2.08. The molecule has 1 aliphatic rings. The van der Waals surface area contributed by atoms with E-state index in [2.05, 4.69) is 27.3 Å². The van der Waals surface area contributed by atoms with Gasteiger partial charge < -0.3 is 4.98 Å². The summed E-state index contributed by atoms with van der Waals surface area (Å²) in [6, 6.07) is 0. The number of rotatable bonds is 3. The number of nitrogens with zero attached hydrogens (tertiary/aromatic N) is 5. The first kappa shape index (κ1) is 14.5. The highest BCUT2D eigenvalue weighted by molar-refractivity contribution is 6.32. The fourth-order valence-corrected chi connectivity index (χ4v) is 3.53. The molecule has 1 aliphatic carbocycles.